The molecular formula is C19H22N2O4. The van der Waals surface area contributed by atoms with E-state index in [1.165, 1.54) is 0 Å². The van der Waals surface area contributed by atoms with Crippen molar-refractivity contribution in [3.8, 4) is 17.2 Å². The first-order valence-corrected chi connectivity index (χ1v) is 8.28. The molecule has 0 aromatic heterocycles. The maximum Gasteiger partial charge on any atom is 0.319 e. The van der Waals surface area contributed by atoms with Gasteiger partial charge in [0, 0.05) is 0 Å². The number of urea groups is 1. The zero-order valence-corrected chi connectivity index (χ0v) is 14.4. The van der Waals surface area contributed by atoms with Gasteiger partial charge < -0.3 is 24.8 Å². The van der Waals surface area contributed by atoms with Crippen LogP contribution in [0.1, 0.15) is 12.5 Å². The third-order valence-electron chi connectivity index (χ3n) is 3.94. The van der Waals surface area contributed by atoms with Gasteiger partial charge in [-0.05, 0) is 49.2 Å². The molecule has 0 aliphatic carbocycles. The number of para-hydroxylation sites is 2. The van der Waals surface area contributed by atoms with Gasteiger partial charge in [0.05, 0.1) is 25.4 Å². The van der Waals surface area contributed by atoms with Crippen molar-refractivity contribution in [2.24, 2.45) is 0 Å². The van der Waals surface area contributed by atoms with E-state index in [1.807, 2.05) is 49.4 Å². The van der Waals surface area contributed by atoms with Gasteiger partial charge in [-0.25, -0.2) is 4.79 Å². The van der Waals surface area contributed by atoms with Crippen LogP contribution in [0.3, 0.4) is 0 Å². The van der Waals surface area contributed by atoms with Crippen molar-refractivity contribution in [2.75, 3.05) is 25.6 Å². The van der Waals surface area contributed by atoms with Gasteiger partial charge in [-0.1, -0.05) is 12.1 Å². The van der Waals surface area contributed by atoms with Gasteiger partial charge in [-0.15, -0.1) is 0 Å². The molecule has 1 aliphatic rings. The summed E-state index contributed by atoms with van der Waals surface area (Å²) in [6, 6.07) is 12.6. The molecule has 2 amide bonds. The van der Waals surface area contributed by atoms with Gasteiger partial charge in [0.2, 0.25) is 0 Å². The van der Waals surface area contributed by atoms with Crippen molar-refractivity contribution < 1.29 is 19.0 Å². The van der Waals surface area contributed by atoms with Gasteiger partial charge in [0.15, 0.2) is 0 Å². The summed E-state index contributed by atoms with van der Waals surface area (Å²) >= 11 is 0. The molecule has 0 saturated heterocycles. The summed E-state index contributed by atoms with van der Waals surface area (Å²) in [6.07, 6.45) is 0.688. The second-order valence-corrected chi connectivity index (χ2v) is 5.71. The summed E-state index contributed by atoms with van der Waals surface area (Å²) in [5, 5.41) is 5.78. The number of nitrogens with one attached hydrogen (secondary N) is 2. The number of carbonyl (C=O) groups excluding carboxylic acids is 1. The first-order chi connectivity index (χ1) is 12.2. The van der Waals surface area contributed by atoms with E-state index in [-0.39, 0.29) is 12.1 Å². The largest absolute Gasteiger partial charge is 0.497 e. The molecule has 25 heavy (non-hydrogen) atoms. The molecule has 0 fully saturated rings. The summed E-state index contributed by atoms with van der Waals surface area (Å²) in [4.78, 5) is 12.3. The van der Waals surface area contributed by atoms with E-state index in [9.17, 15) is 4.79 Å². The van der Waals surface area contributed by atoms with E-state index in [2.05, 4.69) is 10.6 Å². The van der Waals surface area contributed by atoms with Crippen LogP contribution in [0.5, 0.6) is 17.2 Å². The topological polar surface area (TPSA) is 68.8 Å². The van der Waals surface area contributed by atoms with Crippen molar-refractivity contribution >= 4 is 11.7 Å². The Morgan fingerprint density at radius 3 is 2.92 bits per heavy atom. The van der Waals surface area contributed by atoms with E-state index in [0.717, 1.165) is 17.1 Å². The van der Waals surface area contributed by atoms with Crippen molar-refractivity contribution in [1.29, 1.82) is 0 Å². The van der Waals surface area contributed by atoms with E-state index < -0.39 is 0 Å². The third-order valence-corrected chi connectivity index (χ3v) is 3.94. The molecule has 2 N–H and O–H groups in total. The average molecular weight is 342 g/mol. The van der Waals surface area contributed by atoms with Gasteiger partial charge in [-0.3, -0.25) is 0 Å². The van der Waals surface area contributed by atoms with Crippen LogP contribution < -0.4 is 24.8 Å². The van der Waals surface area contributed by atoms with E-state index >= 15 is 0 Å². The highest BCUT2D eigenvalue weighted by molar-refractivity contribution is 5.91. The molecule has 3 rings (SSSR count). The Labute approximate surface area is 147 Å². The highest BCUT2D eigenvalue weighted by Crippen LogP contribution is 2.29. The predicted molar refractivity (Wildman–Crippen MR) is 95.7 cm³/mol. The molecule has 0 saturated carbocycles. The number of anilines is 1. The highest BCUT2D eigenvalue weighted by atomic mass is 16.5. The fourth-order valence-corrected chi connectivity index (χ4v) is 2.79. The highest BCUT2D eigenvalue weighted by Gasteiger charge is 2.22. The van der Waals surface area contributed by atoms with Crippen LogP contribution in [-0.2, 0) is 6.42 Å². The number of ether oxygens (including phenoxy) is 3. The van der Waals surface area contributed by atoms with Crippen LogP contribution >= 0.6 is 0 Å². The van der Waals surface area contributed by atoms with Crippen LogP contribution in [0, 0.1) is 0 Å². The molecule has 2 aromatic carbocycles. The lowest BCUT2D eigenvalue weighted by molar-refractivity contribution is 0.222. The average Bonchev–Trinajstić information content (AvgIpc) is 2.63. The molecular weight excluding hydrogens is 320 g/mol. The molecule has 0 bridgehead atoms. The van der Waals surface area contributed by atoms with Gasteiger partial charge in [0.25, 0.3) is 0 Å². The fraction of sp³-hybridized carbons (Fsp3) is 0.316. The number of amides is 2. The summed E-state index contributed by atoms with van der Waals surface area (Å²) in [6.45, 7) is 2.87. The minimum atomic E-state index is -0.285. The Hall–Kier alpha value is -2.89. The Bertz CT molecular complexity index is 748. The van der Waals surface area contributed by atoms with Crippen LogP contribution in [0.4, 0.5) is 10.5 Å². The van der Waals surface area contributed by atoms with E-state index in [1.54, 1.807) is 7.11 Å². The SMILES string of the molecule is CCOc1ccccc1NC(=O)N[C@H]1COc2ccc(OC)cc2C1. The first-order valence-electron chi connectivity index (χ1n) is 8.28. The Morgan fingerprint density at radius 2 is 2.12 bits per heavy atom. The Morgan fingerprint density at radius 1 is 1.28 bits per heavy atom. The standard InChI is InChI=1S/C19H22N2O4/c1-3-24-18-7-5-4-6-16(18)21-19(22)20-14-10-13-11-15(23-2)8-9-17(13)25-12-14/h4-9,11,14H,3,10,12H2,1-2H3,(H2,20,21,22)/t14-/m1/s1. The maximum absolute atomic E-state index is 12.3. The second kappa shape index (κ2) is 7.79. The van der Waals surface area contributed by atoms with Crippen molar-refractivity contribution in [2.45, 2.75) is 19.4 Å². The molecule has 1 aliphatic heterocycles. The molecule has 0 unspecified atom stereocenters. The summed E-state index contributed by atoms with van der Waals surface area (Å²) in [5.41, 5.74) is 1.66. The predicted octanol–water partition coefficient (Wildman–Crippen LogP) is 3.22. The minimum Gasteiger partial charge on any atom is -0.497 e. The molecule has 132 valence electrons. The number of carbonyl (C=O) groups is 1. The number of rotatable bonds is 5. The Balaban J connectivity index is 1.62. The van der Waals surface area contributed by atoms with Crippen LogP contribution in [0.15, 0.2) is 42.5 Å². The monoisotopic (exact) mass is 342 g/mol. The minimum absolute atomic E-state index is 0.112. The zero-order chi connectivity index (χ0) is 17.6. The fourth-order valence-electron chi connectivity index (χ4n) is 2.79. The van der Waals surface area contributed by atoms with E-state index in [4.69, 9.17) is 14.2 Å². The maximum atomic E-state index is 12.3. The second-order valence-electron chi connectivity index (χ2n) is 5.71. The molecule has 2 aromatic rings. The number of hydrogen-bond acceptors (Lipinski definition) is 4. The lowest BCUT2D eigenvalue weighted by Crippen LogP contribution is -2.44. The van der Waals surface area contributed by atoms with Crippen molar-refractivity contribution in [3.05, 3.63) is 48.0 Å². The lowest BCUT2D eigenvalue weighted by Gasteiger charge is -2.26. The van der Waals surface area contributed by atoms with Crippen LogP contribution in [0.2, 0.25) is 0 Å². The molecule has 1 atom stereocenters. The smallest absolute Gasteiger partial charge is 0.319 e. The summed E-state index contributed by atoms with van der Waals surface area (Å²) in [7, 11) is 1.63. The quantitative estimate of drug-likeness (QED) is 0.875. The number of fused-ring (bicyclic) bond motifs is 1. The van der Waals surface area contributed by atoms with Crippen LogP contribution in [-0.4, -0.2) is 32.4 Å². The van der Waals surface area contributed by atoms with Gasteiger partial charge in [-0.2, -0.15) is 0 Å². The number of methoxy groups -OCH3 is 1. The van der Waals surface area contributed by atoms with E-state index in [0.29, 0.717) is 31.1 Å². The van der Waals surface area contributed by atoms with Gasteiger partial charge >= 0.3 is 6.03 Å². The molecule has 6 heteroatoms. The number of benzene rings is 2. The normalized spacial score (nSPS) is 15.5. The van der Waals surface area contributed by atoms with Crippen molar-refractivity contribution in [3.63, 3.8) is 0 Å². The lowest BCUT2D eigenvalue weighted by atomic mass is 10.0. The molecule has 6 nitrogen and oxygen atoms in total. The third kappa shape index (κ3) is 4.15. The zero-order valence-electron chi connectivity index (χ0n) is 14.4. The Kier molecular flexibility index (Phi) is 5.28. The van der Waals surface area contributed by atoms with Crippen LogP contribution in [0.25, 0.3) is 0 Å². The molecule has 0 spiro atoms. The number of hydrogen-bond donors (Lipinski definition) is 2. The summed E-state index contributed by atoms with van der Waals surface area (Å²) in [5.74, 6) is 2.26. The molecule has 0 radical (unpaired) electrons. The van der Waals surface area contributed by atoms with Crippen molar-refractivity contribution in [1.82, 2.24) is 5.32 Å². The molecule has 1 heterocycles. The summed E-state index contributed by atoms with van der Waals surface area (Å²) < 4.78 is 16.5. The first kappa shape index (κ1) is 17.0. The van der Waals surface area contributed by atoms with Gasteiger partial charge in [0.1, 0.15) is 23.9 Å².